The molecule has 0 aromatic heterocycles. The fraction of sp³-hybridized carbons (Fsp3) is 0.316. The van der Waals surface area contributed by atoms with Crippen molar-refractivity contribution in [2.75, 3.05) is 25.0 Å². The number of hydrogen-bond donors (Lipinski definition) is 2. The molecule has 26 heavy (non-hydrogen) atoms. The van der Waals surface area contributed by atoms with Gasteiger partial charge in [0.2, 0.25) is 5.91 Å². The van der Waals surface area contributed by atoms with Crippen molar-refractivity contribution >= 4 is 17.3 Å². The number of aliphatic hydroxyl groups is 1. The van der Waals surface area contributed by atoms with E-state index in [-0.39, 0.29) is 24.6 Å². The van der Waals surface area contributed by atoms with Gasteiger partial charge in [0.25, 0.3) is 5.69 Å². The maximum atomic E-state index is 12.0. The van der Waals surface area contributed by atoms with E-state index in [0.29, 0.717) is 5.56 Å². The molecule has 1 heterocycles. The number of nitrogens with one attached hydrogen (secondary N) is 1. The van der Waals surface area contributed by atoms with Gasteiger partial charge in [-0.25, -0.2) is 0 Å². The lowest BCUT2D eigenvalue weighted by Crippen LogP contribution is -2.29. The Bertz CT molecular complexity index is 820. The molecule has 1 amide bonds. The van der Waals surface area contributed by atoms with Gasteiger partial charge in [-0.2, -0.15) is 0 Å². The number of nitrogens with zero attached hydrogens (tertiary/aromatic N) is 2. The first-order valence-corrected chi connectivity index (χ1v) is 8.46. The number of carbonyl (C=O) groups excluding carboxylic acids is 1. The van der Waals surface area contributed by atoms with E-state index in [9.17, 15) is 20.0 Å². The van der Waals surface area contributed by atoms with E-state index in [4.69, 9.17) is 0 Å². The van der Waals surface area contributed by atoms with Crippen molar-refractivity contribution in [3.8, 4) is 0 Å². The lowest BCUT2D eigenvalue weighted by molar-refractivity contribution is -0.384. The third-order valence-corrected chi connectivity index (χ3v) is 4.62. The molecule has 0 spiro atoms. The van der Waals surface area contributed by atoms with E-state index >= 15 is 0 Å². The van der Waals surface area contributed by atoms with Crippen molar-refractivity contribution in [2.45, 2.75) is 18.9 Å². The molecule has 1 unspecified atom stereocenters. The number of carbonyl (C=O) groups is 1. The monoisotopic (exact) mass is 355 g/mol. The molecule has 7 heteroatoms. The van der Waals surface area contributed by atoms with Gasteiger partial charge in [-0.3, -0.25) is 14.9 Å². The quantitative estimate of drug-likeness (QED) is 0.610. The molecule has 2 aromatic carbocycles. The third-order valence-electron chi connectivity index (χ3n) is 4.62. The minimum absolute atomic E-state index is 0.00756. The second-order valence-corrected chi connectivity index (χ2v) is 6.48. The summed E-state index contributed by atoms with van der Waals surface area (Å²) in [6.45, 7) is 1.10. The Morgan fingerprint density at radius 2 is 2.04 bits per heavy atom. The lowest BCUT2D eigenvalue weighted by Gasteiger charge is -2.15. The summed E-state index contributed by atoms with van der Waals surface area (Å²) in [6.07, 6.45) is 0.297. The first-order valence-electron chi connectivity index (χ1n) is 8.46. The van der Waals surface area contributed by atoms with Crippen LogP contribution in [0.1, 0.15) is 22.8 Å². The summed E-state index contributed by atoms with van der Waals surface area (Å²) in [7, 11) is 2.04. The predicted molar refractivity (Wildman–Crippen MR) is 98.2 cm³/mol. The smallest absolute Gasteiger partial charge is 0.269 e. The van der Waals surface area contributed by atoms with Crippen LogP contribution in [0.25, 0.3) is 0 Å². The number of nitro groups is 1. The molecule has 3 rings (SSSR count). The molecule has 7 nitrogen and oxygen atoms in total. The fourth-order valence-electron chi connectivity index (χ4n) is 3.11. The van der Waals surface area contributed by atoms with Crippen LogP contribution in [0.4, 0.5) is 11.4 Å². The molecule has 0 radical (unpaired) electrons. The molecule has 2 N–H and O–H groups in total. The summed E-state index contributed by atoms with van der Waals surface area (Å²) in [5.41, 5.74) is 3.86. The van der Waals surface area contributed by atoms with Gasteiger partial charge in [0, 0.05) is 38.0 Å². The van der Waals surface area contributed by atoms with Crippen molar-refractivity contribution in [3.05, 3.63) is 69.3 Å². The summed E-state index contributed by atoms with van der Waals surface area (Å²) >= 11 is 0. The third kappa shape index (κ3) is 4.00. The van der Waals surface area contributed by atoms with E-state index in [1.807, 2.05) is 25.2 Å². The fourth-order valence-corrected chi connectivity index (χ4v) is 3.11. The van der Waals surface area contributed by atoms with Gasteiger partial charge in [-0.15, -0.1) is 0 Å². The minimum atomic E-state index is -0.771. The van der Waals surface area contributed by atoms with Gasteiger partial charge >= 0.3 is 0 Å². The molecule has 0 saturated heterocycles. The van der Waals surface area contributed by atoms with Crippen molar-refractivity contribution in [1.29, 1.82) is 0 Å². The Labute approximate surface area is 151 Å². The molecule has 1 aliphatic rings. The molecule has 1 aliphatic heterocycles. The van der Waals surface area contributed by atoms with Crippen LogP contribution in [0.3, 0.4) is 0 Å². The summed E-state index contributed by atoms with van der Waals surface area (Å²) in [5, 5.41) is 23.7. The van der Waals surface area contributed by atoms with Crippen LogP contribution in [0.5, 0.6) is 0 Å². The first kappa shape index (κ1) is 17.9. The van der Waals surface area contributed by atoms with Crippen LogP contribution in [0, 0.1) is 10.1 Å². The van der Waals surface area contributed by atoms with E-state index < -0.39 is 11.0 Å². The van der Waals surface area contributed by atoms with E-state index in [0.717, 1.165) is 18.5 Å². The number of aliphatic hydroxyl groups excluding tert-OH is 1. The average molecular weight is 355 g/mol. The van der Waals surface area contributed by atoms with Gasteiger partial charge in [0.1, 0.15) is 0 Å². The van der Waals surface area contributed by atoms with Crippen LogP contribution < -0.4 is 10.2 Å². The summed E-state index contributed by atoms with van der Waals surface area (Å²) in [4.78, 5) is 24.4. The van der Waals surface area contributed by atoms with Crippen LogP contribution in [0.2, 0.25) is 0 Å². The molecule has 0 fully saturated rings. The second kappa shape index (κ2) is 7.53. The molecule has 0 aliphatic carbocycles. The predicted octanol–water partition coefficient (Wildman–Crippen LogP) is 1.98. The standard InChI is InChI=1S/C19H21N3O4/c1-21-9-8-14-11-15(4-7-17(14)21)18(23)12-20-19(24)10-13-2-5-16(6-3-13)22(25)26/h2-7,11,18,23H,8-10,12H2,1H3,(H,20,24). The summed E-state index contributed by atoms with van der Waals surface area (Å²) in [6, 6.07) is 11.7. The summed E-state index contributed by atoms with van der Waals surface area (Å²) in [5.74, 6) is -0.237. The first-order chi connectivity index (χ1) is 12.4. The topological polar surface area (TPSA) is 95.7 Å². The lowest BCUT2D eigenvalue weighted by atomic mass is 10.0. The van der Waals surface area contributed by atoms with Gasteiger partial charge in [0.05, 0.1) is 17.4 Å². The number of hydrogen-bond acceptors (Lipinski definition) is 5. The zero-order chi connectivity index (χ0) is 18.7. The van der Waals surface area contributed by atoms with Crippen molar-refractivity contribution in [3.63, 3.8) is 0 Å². The number of fused-ring (bicyclic) bond motifs is 1. The molecular formula is C19H21N3O4. The van der Waals surface area contributed by atoms with E-state index in [2.05, 4.69) is 10.2 Å². The second-order valence-electron chi connectivity index (χ2n) is 6.48. The highest BCUT2D eigenvalue weighted by molar-refractivity contribution is 5.78. The Morgan fingerprint density at radius 1 is 1.31 bits per heavy atom. The molecule has 2 aromatic rings. The van der Waals surface area contributed by atoms with Crippen molar-refractivity contribution < 1.29 is 14.8 Å². The highest BCUT2D eigenvalue weighted by atomic mass is 16.6. The number of anilines is 1. The Kier molecular flexibility index (Phi) is 5.18. The van der Waals surface area contributed by atoms with E-state index in [1.165, 1.54) is 23.4 Å². The average Bonchev–Trinajstić information content (AvgIpc) is 3.00. The Morgan fingerprint density at radius 3 is 2.73 bits per heavy atom. The van der Waals surface area contributed by atoms with Crippen LogP contribution in [-0.2, 0) is 17.6 Å². The normalized spacial score (nSPS) is 14.0. The van der Waals surface area contributed by atoms with Crippen molar-refractivity contribution in [2.24, 2.45) is 0 Å². The van der Waals surface area contributed by atoms with Gasteiger partial charge < -0.3 is 15.3 Å². The van der Waals surface area contributed by atoms with Crippen LogP contribution in [-0.4, -0.2) is 36.1 Å². The molecule has 0 bridgehead atoms. The maximum Gasteiger partial charge on any atom is 0.269 e. The summed E-state index contributed by atoms with van der Waals surface area (Å²) < 4.78 is 0. The van der Waals surface area contributed by atoms with Gasteiger partial charge in [-0.1, -0.05) is 24.3 Å². The molecule has 0 saturated carbocycles. The largest absolute Gasteiger partial charge is 0.387 e. The van der Waals surface area contributed by atoms with Crippen LogP contribution >= 0.6 is 0 Å². The minimum Gasteiger partial charge on any atom is -0.387 e. The molecule has 136 valence electrons. The van der Waals surface area contributed by atoms with E-state index in [1.54, 1.807) is 12.1 Å². The zero-order valence-electron chi connectivity index (χ0n) is 14.5. The number of nitro benzene ring substituents is 1. The van der Waals surface area contributed by atoms with Crippen LogP contribution in [0.15, 0.2) is 42.5 Å². The highest BCUT2D eigenvalue weighted by Gasteiger charge is 2.18. The van der Waals surface area contributed by atoms with Gasteiger partial charge in [-0.05, 0) is 29.2 Å². The zero-order valence-corrected chi connectivity index (χ0v) is 14.5. The van der Waals surface area contributed by atoms with Crippen molar-refractivity contribution in [1.82, 2.24) is 5.32 Å². The van der Waals surface area contributed by atoms with Gasteiger partial charge in [0.15, 0.2) is 0 Å². The SMILES string of the molecule is CN1CCc2cc(C(O)CNC(=O)Cc3ccc([N+](=O)[O-])cc3)ccc21. The Balaban J connectivity index is 1.53. The number of non-ortho nitro benzene ring substituents is 1. The number of rotatable bonds is 6. The number of amides is 1. The Hall–Kier alpha value is -2.93. The molecule has 1 atom stereocenters. The highest BCUT2D eigenvalue weighted by Crippen LogP contribution is 2.29. The number of benzene rings is 2. The molecular weight excluding hydrogens is 334 g/mol. The maximum absolute atomic E-state index is 12.0. The number of likely N-dealkylation sites (N-methyl/N-ethyl adjacent to an activating group) is 1.